The smallest absolute Gasteiger partial charge is 0.160 e. The zero-order valence-corrected chi connectivity index (χ0v) is 13.1. The molecule has 1 fully saturated rings. The fraction of sp³-hybridized carbons (Fsp3) is 0.688. The van der Waals surface area contributed by atoms with Crippen molar-refractivity contribution in [3.63, 3.8) is 0 Å². The van der Waals surface area contributed by atoms with Crippen LogP contribution >= 0.6 is 0 Å². The minimum atomic E-state index is 0.383. The zero-order valence-electron chi connectivity index (χ0n) is 13.1. The van der Waals surface area contributed by atoms with Crippen LogP contribution in [0.2, 0.25) is 0 Å². The quantitative estimate of drug-likeness (QED) is 0.756. The lowest BCUT2D eigenvalue weighted by Crippen LogP contribution is -2.30. The minimum absolute atomic E-state index is 0.383. The largest absolute Gasteiger partial charge is 0.493 e. The molecule has 0 unspecified atom stereocenters. The van der Waals surface area contributed by atoms with Gasteiger partial charge in [-0.25, -0.2) is 0 Å². The van der Waals surface area contributed by atoms with Gasteiger partial charge in [0, 0.05) is 24.9 Å². The third kappa shape index (κ3) is 5.17. The third-order valence-corrected chi connectivity index (χ3v) is 3.93. The van der Waals surface area contributed by atoms with E-state index in [1.807, 2.05) is 13.0 Å². The van der Waals surface area contributed by atoms with Gasteiger partial charge in [-0.2, -0.15) is 0 Å². The van der Waals surface area contributed by atoms with E-state index in [0.717, 1.165) is 62.4 Å². The van der Waals surface area contributed by atoms with Gasteiger partial charge in [-0.3, -0.25) is 4.98 Å². The van der Waals surface area contributed by atoms with Crippen LogP contribution in [0.15, 0.2) is 12.3 Å². The molecule has 0 amide bonds. The molecule has 118 valence electrons. The second-order valence-electron chi connectivity index (χ2n) is 5.71. The highest BCUT2D eigenvalue weighted by atomic mass is 16.5. The number of rotatable bonds is 7. The van der Waals surface area contributed by atoms with Crippen LogP contribution in [0.5, 0.6) is 5.75 Å². The molecule has 3 N–H and O–H groups in total. The van der Waals surface area contributed by atoms with E-state index in [1.54, 1.807) is 13.3 Å². The van der Waals surface area contributed by atoms with Crippen LogP contribution in [0.25, 0.3) is 0 Å². The molecule has 0 atom stereocenters. The highest BCUT2D eigenvalue weighted by molar-refractivity contribution is 5.55. The van der Waals surface area contributed by atoms with Crippen LogP contribution in [0.4, 0.5) is 5.69 Å². The third-order valence-electron chi connectivity index (χ3n) is 3.93. The van der Waals surface area contributed by atoms with Gasteiger partial charge < -0.3 is 20.5 Å². The molecular formula is C16H27N3O2. The van der Waals surface area contributed by atoms with E-state index >= 15 is 0 Å². The van der Waals surface area contributed by atoms with E-state index in [-0.39, 0.29) is 0 Å². The van der Waals surface area contributed by atoms with E-state index in [1.165, 1.54) is 0 Å². The molecule has 1 aliphatic carbocycles. The maximum absolute atomic E-state index is 5.91. The standard InChI is InChI=1S/C16H27N3O2/c1-12-10-15(16(20-2)11-19-12)18-8-3-9-21-14-6-4-13(17)5-7-14/h10-11,13-14H,3-9,17H2,1-2H3,(H,18,19). The normalized spacial score (nSPS) is 22.0. The van der Waals surface area contributed by atoms with E-state index in [2.05, 4.69) is 10.3 Å². The Morgan fingerprint density at radius 3 is 2.81 bits per heavy atom. The summed E-state index contributed by atoms with van der Waals surface area (Å²) in [7, 11) is 1.66. The Hall–Kier alpha value is -1.33. The molecule has 0 spiro atoms. The second-order valence-corrected chi connectivity index (χ2v) is 5.71. The molecule has 0 saturated heterocycles. The number of aromatic nitrogens is 1. The Bertz CT molecular complexity index is 432. The van der Waals surface area contributed by atoms with Crippen molar-refractivity contribution in [3.05, 3.63) is 18.0 Å². The minimum Gasteiger partial charge on any atom is -0.493 e. The molecule has 1 aliphatic rings. The molecule has 0 aliphatic heterocycles. The number of nitrogens with two attached hydrogens (primary N) is 1. The lowest BCUT2D eigenvalue weighted by molar-refractivity contribution is 0.0251. The summed E-state index contributed by atoms with van der Waals surface area (Å²) >= 11 is 0. The summed E-state index contributed by atoms with van der Waals surface area (Å²) in [6, 6.07) is 2.39. The average Bonchev–Trinajstić information content (AvgIpc) is 2.49. The maximum atomic E-state index is 5.91. The van der Waals surface area contributed by atoms with Crippen LogP contribution in [0.1, 0.15) is 37.8 Å². The van der Waals surface area contributed by atoms with Crippen LogP contribution < -0.4 is 15.8 Å². The number of hydrogen-bond donors (Lipinski definition) is 2. The first kappa shape index (κ1) is 16.0. The van der Waals surface area contributed by atoms with Gasteiger partial charge in [-0.1, -0.05) is 0 Å². The summed E-state index contributed by atoms with van der Waals surface area (Å²) < 4.78 is 11.2. The molecule has 5 nitrogen and oxygen atoms in total. The Morgan fingerprint density at radius 1 is 1.33 bits per heavy atom. The van der Waals surface area contributed by atoms with Crippen molar-refractivity contribution < 1.29 is 9.47 Å². The highest BCUT2D eigenvalue weighted by Gasteiger charge is 2.18. The molecule has 0 bridgehead atoms. The Balaban J connectivity index is 1.64. The van der Waals surface area contributed by atoms with Gasteiger partial charge in [0.05, 0.1) is 25.1 Å². The Labute approximate surface area is 127 Å². The number of pyridine rings is 1. The van der Waals surface area contributed by atoms with Gasteiger partial charge in [0.15, 0.2) is 5.75 Å². The summed E-state index contributed by atoms with van der Waals surface area (Å²) in [5.74, 6) is 0.780. The fourth-order valence-corrected chi connectivity index (χ4v) is 2.65. The molecule has 5 heteroatoms. The molecule has 1 saturated carbocycles. The summed E-state index contributed by atoms with van der Waals surface area (Å²) in [5.41, 5.74) is 7.87. The SMILES string of the molecule is COc1cnc(C)cc1NCCCOC1CCC(N)CC1. The number of aryl methyl sites for hydroxylation is 1. The summed E-state index contributed by atoms with van der Waals surface area (Å²) in [5, 5.41) is 3.38. The van der Waals surface area contributed by atoms with Crippen molar-refractivity contribution in [2.75, 3.05) is 25.6 Å². The molecule has 1 aromatic rings. The summed E-state index contributed by atoms with van der Waals surface area (Å²) in [6.45, 7) is 3.63. The van der Waals surface area contributed by atoms with Crippen molar-refractivity contribution in [3.8, 4) is 5.75 Å². The number of anilines is 1. The van der Waals surface area contributed by atoms with E-state index in [0.29, 0.717) is 12.1 Å². The predicted octanol–water partition coefficient (Wildman–Crippen LogP) is 2.49. The van der Waals surface area contributed by atoms with E-state index in [9.17, 15) is 0 Å². The monoisotopic (exact) mass is 293 g/mol. The van der Waals surface area contributed by atoms with Gasteiger partial charge in [-0.05, 0) is 45.1 Å². The van der Waals surface area contributed by atoms with Crippen LogP contribution in [0, 0.1) is 6.92 Å². The molecule has 2 rings (SSSR count). The van der Waals surface area contributed by atoms with Crippen molar-refractivity contribution in [2.24, 2.45) is 5.73 Å². The molecule has 0 aromatic carbocycles. The first-order valence-corrected chi connectivity index (χ1v) is 7.80. The highest BCUT2D eigenvalue weighted by Crippen LogP contribution is 2.23. The number of methoxy groups -OCH3 is 1. The van der Waals surface area contributed by atoms with Gasteiger partial charge in [0.1, 0.15) is 0 Å². The number of nitrogens with zero attached hydrogens (tertiary/aromatic N) is 1. The number of nitrogens with one attached hydrogen (secondary N) is 1. The topological polar surface area (TPSA) is 69.4 Å². The summed E-state index contributed by atoms with van der Waals surface area (Å²) in [4.78, 5) is 4.22. The maximum Gasteiger partial charge on any atom is 0.160 e. The molecule has 1 aromatic heterocycles. The van der Waals surface area contributed by atoms with Gasteiger partial charge in [0.25, 0.3) is 0 Å². The van der Waals surface area contributed by atoms with Crippen LogP contribution in [-0.2, 0) is 4.74 Å². The van der Waals surface area contributed by atoms with Gasteiger partial charge >= 0.3 is 0 Å². The van der Waals surface area contributed by atoms with Crippen molar-refractivity contribution >= 4 is 5.69 Å². The predicted molar refractivity (Wildman–Crippen MR) is 84.8 cm³/mol. The molecule has 0 radical (unpaired) electrons. The molecule has 1 heterocycles. The second kappa shape index (κ2) is 8.20. The summed E-state index contributed by atoms with van der Waals surface area (Å²) in [6.07, 6.45) is 7.53. The molecular weight excluding hydrogens is 266 g/mol. The fourth-order valence-electron chi connectivity index (χ4n) is 2.65. The van der Waals surface area contributed by atoms with Crippen LogP contribution in [-0.4, -0.2) is 37.4 Å². The van der Waals surface area contributed by atoms with Gasteiger partial charge in [0.2, 0.25) is 0 Å². The van der Waals surface area contributed by atoms with Gasteiger partial charge in [-0.15, -0.1) is 0 Å². The van der Waals surface area contributed by atoms with E-state index < -0.39 is 0 Å². The van der Waals surface area contributed by atoms with E-state index in [4.69, 9.17) is 15.2 Å². The molecule has 21 heavy (non-hydrogen) atoms. The first-order chi connectivity index (χ1) is 10.2. The number of hydrogen-bond acceptors (Lipinski definition) is 5. The average molecular weight is 293 g/mol. The van der Waals surface area contributed by atoms with Crippen molar-refractivity contribution in [2.45, 2.75) is 51.2 Å². The Morgan fingerprint density at radius 2 is 2.10 bits per heavy atom. The van der Waals surface area contributed by atoms with Crippen molar-refractivity contribution in [1.82, 2.24) is 4.98 Å². The lowest BCUT2D eigenvalue weighted by Gasteiger charge is -2.26. The number of ether oxygens (including phenoxy) is 2. The van der Waals surface area contributed by atoms with Crippen molar-refractivity contribution in [1.29, 1.82) is 0 Å². The van der Waals surface area contributed by atoms with Crippen LogP contribution in [0.3, 0.4) is 0 Å². The first-order valence-electron chi connectivity index (χ1n) is 7.80. The zero-order chi connectivity index (χ0) is 15.1. The lowest BCUT2D eigenvalue weighted by atomic mass is 9.94. The Kier molecular flexibility index (Phi) is 6.26.